The molecule has 0 aliphatic carbocycles. The van der Waals surface area contributed by atoms with E-state index in [1.165, 1.54) is 12.0 Å². The number of benzene rings is 1. The molecule has 0 heterocycles. The highest BCUT2D eigenvalue weighted by Gasteiger charge is 2.16. The monoisotopic (exact) mass is 235 g/mol. The van der Waals surface area contributed by atoms with Crippen molar-refractivity contribution in [2.75, 3.05) is 13.2 Å². The van der Waals surface area contributed by atoms with E-state index in [0.717, 1.165) is 18.9 Å². The minimum absolute atomic E-state index is 0.445. The Morgan fingerprint density at radius 1 is 1.12 bits per heavy atom. The molecule has 0 aliphatic heterocycles. The molecule has 2 nitrogen and oxygen atoms in total. The lowest BCUT2D eigenvalue weighted by Gasteiger charge is -2.24. The van der Waals surface area contributed by atoms with Crippen molar-refractivity contribution in [2.24, 2.45) is 5.92 Å². The van der Waals surface area contributed by atoms with Crippen LogP contribution >= 0.6 is 0 Å². The van der Waals surface area contributed by atoms with Gasteiger partial charge in [0.05, 0.1) is 6.61 Å². The fourth-order valence-electron chi connectivity index (χ4n) is 2.04. The average molecular weight is 235 g/mol. The molecule has 0 aromatic heterocycles. The van der Waals surface area contributed by atoms with E-state index in [9.17, 15) is 0 Å². The molecule has 0 amide bonds. The highest BCUT2D eigenvalue weighted by atomic mass is 16.5. The van der Waals surface area contributed by atoms with Gasteiger partial charge in [-0.3, -0.25) is 0 Å². The van der Waals surface area contributed by atoms with Crippen LogP contribution in [0.25, 0.3) is 0 Å². The summed E-state index contributed by atoms with van der Waals surface area (Å²) in [6, 6.07) is 8.91. The third-order valence-electron chi connectivity index (χ3n) is 3.19. The highest BCUT2D eigenvalue weighted by molar-refractivity contribution is 5.29. The first-order chi connectivity index (χ1) is 8.22. The average Bonchev–Trinajstić information content (AvgIpc) is 2.37. The van der Waals surface area contributed by atoms with Gasteiger partial charge in [-0.25, -0.2) is 0 Å². The van der Waals surface area contributed by atoms with Crippen LogP contribution in [0.2, 0.25) is 0 Å². The molecule has 2 heteroatoms. The summed E-state index contributed by atoms with van der Waals surface area (Å²) in [7, 11) is 0. The smallest absolute Gasteiger partial charge is 0.119 e. The van der Waals surface area contributed by atoms with Crippen LogP contribution in [0.15, 0.2) is 24.3 Å². The lowest BCUT2D eigenvalue weighted by molar-refractivity contribution is 0.339. The predicted octanol–water partition coefficient (Wildman–Crippen LogP) is 3.78. The van der Waals surface area contributed by atoms with Crippen molar-refractivity contribution in [1.82, 2.24) is 5.32 Å². The maximum Gasteiger partial charge on any atom is 0.119 e. The van der Waals surface area contributed by atoms with Gasteiger partial charge in [-0.05, 0) is 37.1 Å². The van der Waals surface area contributed by atoms with Crippen molar-refractivity contribution in [3.05, 3.63) is 29.8 Å². The summed E-state index contributed by atoms with van der Waals surface area (Å²) in [5.41, 5.74) is 1.35. The molecule has 1 aromatic rings. The van der Waals surface area contributed by atoms with Crippen LogP contribution in [0.5, 0.6) is 5.75 Å². The Balaban J connectivity index is 2.79. The third-order valence-corrected chi connectivity index (χ3v) is 3.19. The molecule has 0 bridgehead atoms. The number of ether oxygens (including phenoxy) is 1. The Bertz CT molecular complexity index is 307. The van der Waals surface area contributed by atoms with E-state index in [4.69, 9.17) is 4.74 Å². The van der Waals surface area contributed by atoms with Crippen LogP contribution in [0.3, 0.4) is 0 Å². The third kappa shape index (κ3) is 4.04. The Labute approximate surface area is 105 Å². The number of rotatable bonds is 7. The van der Waals surface area contributed by atoms with Gasteiger partial charge in [0.1, 0.15) is 5.75 Å². The van der Waals surface area contributed by atoms with Crippen LogP contribution in [0, 0.1) is 5.92 Å². The van der Waals surface area contributed by atoms with Gasteiger partial charge in [0.25, 0.3) is 0 Å². The highest BCUT2D eigenvalue weighted by Crippen LogP contribution is 2.25. The molecular formula is C15H25NO. The Morgan fingerprint density at radius 2 is 1.76 bits per heavy atom. The van der Waals surface area contributed by atoms with Gasteiger partial charge >= 0.3 is 0 Å². The second kappa shape index (κ2) is 7.33. The topological polar surface area (TPSA) is 21.3 Å². The first-order valence-electron chi connectivity index (χ1n) is 6.69. The zero-order valence-corrected chi connectivity index (χ0v) is 11.5. The van der Waals surface area contributed by atoms with Gasteiger partial charge in [-0.1, -0.05) is 39.3 Å². The fraction of sp³-hybridized carbons (Fsp3) is 0.600. The van der Waals surface area contributed by atoms with Gasteiger partial charge in [0.15, 0.2) is 0 Å². The first-order valence-corrected chi connectivity index (χ1v) is 6.69. The second-order valence-electron chi connectivity index (χ2n) is 4.42. The summed E-state index contributed by atoms with van der Waals surface area (Å²) >= 11 is 0. The van der Waals surface area contributed by atoms with E-state index in [2.05, 4.69) is 50.4 Å². The van der Waals surface area contributed by atoms with Gasteiger partial charge in [-0.15, -0.1) is 0 Å². The molecule has 1 N–H and O–H groups in total. The zero-order valence-electron chi connectivity index (χ0n) is 11.5. The Hall–Kier alpha value is -1.02. The SMILES string of the molecule is CCNC(c1ccc(OCC)cc1)C(C)CC. The minimum atomic E-state index is 0.445. The maximum atomic E-state index is 5.47. The van der Waals surface area contributed by atoms with Crippen LogP contribution in [0.4, 0.5) is 0 Å². The molecule has 0 saturated carbocycles. The van der Waals surface area contributed by atoms with Gasteiger partial charge in [0.2, 0.25) is 0 Å². The summed E-state index contributed by atoms with van der Waals surface area (Å²) in [6.07, 6.45) is 1.19. The van der Waals surface area contributed by atoms with Crippen molar-refractivity contribution >= 4 is 0 Å². The number of hydrogen-bond donors (Lipinski definition) is 1. The van der Waals surface area contributed by atoms with Crippen molar-refractivity contribution in [3.8, 4) is 5.75 Å². The molecule has 0 spiro atoms. The van der Waals surface area contributed by atoms with E-state index in [1.807, 2.05) is 6.92 Å². The first kappa shape index (κ1) is 14.0. The molecule has 0 saturated heterocycles. The Kier molecular flexibility index (Phi) is 6.06. The van der Waals surface area contributed by atoms with Crippen molar-refractivity contribution in [2.45, 2.75) is 40.2 Å². The lowest BCUT2D eigenvalue weighted by Crippen LogP contribution is -2.26. The summed E-state index contributed by atoms with van der Waals surface area (Å²) in [4.78, 5) is 0. The number of nitrogens with one attached hydrogen (secondary N) is 1. The molecule has 1 aromatic carbocycles. The maximum absolute atomic E-state index is 5.47. The van der Waals surface area contributed by atoms with Crippen molar-refractivity contribution in [1.29, 1.82) is 0 Å². The quantitative estimate of drug-likeness (QED) is 0.776. The molecule has 0 fully saturated rings. The van der Waals surface area contributed by atoms with E-state index in [0.29, 0.717) is 12.0 Å². The summed E-state index contributed by atoms with van der Waals surface area (Å²) in [6.45, 7) is 10.4. The predicted molar refractivity (Wildman–Crippen MR) is 73.5 cm³/mol. The molecule has 0 aliphatic rings. The van der Waals surface area contributed by atoms with Crippen molar-refractivity contribution < 1.29 is 4.74 Å². The molecule has 1 rings (SSSR count). The van der Waals surface area contributed by atoms with E-state index < -0.39 is 0 Å². The molecular weight excluding hydrogens is 210 g/mol. The summed E-state index contributed by atoms with van der Waals surface area (Å²) in [5.74, 6) is 1.60. The molecule has 17 heavy (non-hydrogen) atoms. The number of hydrogen-bond acceptors (Lipinski definition) is 2. The van der Waals surface area contributed by atoms with Crippen LogP contribution in [-0.2, 0) is 0 Å². The molecule has 0 radical (unpaired) electrons. The molecule has 96 valence electrons. The van der Waals surface area contributed by atoms with Gasteiger partial charge < -0.3 is 10.1 Å². The fourth-order valence-corrected chi connectivity index (χ4v) is 2.04. The van der Waals surface area contributed by atoms with Crippen molar-refractivity contribution in [3.63, 3.8) is 0 Å². The lowest BCUT2D eigenvalue weighted by atomic mass is 9.92. The van der Waals surface area contributed by atoms with Crippen LogP contribution < -0.4 is 10.1 Å². The molecule has 2 atom stereocenters. The van der Waals surface area contributed by atoms with E-state index in [1.54, 1.807) is 0 Å². The van der Waals surface area contributed by atoms with E-state index in [-0.39, 0.29) is 0 Å². The molecule has 2 unspecified atom stereocenters. The largest absolute Gasteiger partial charge is 0.494 e. The van der Waals surface area contributed by atoms with Crippen LogP contribution in [0.1, 0.15) is 45.7 Å². The Morgan fingerprint density at radius 3 is 2.24 bits per heavy atom. The van der Waals surface area contributed by atoms with Crippen LogP contribution in [-0.4, -0.2) is 13.2 Å². The van der Waals surface area contributed by atoms with E-state index >= 15 is 0 Å². The van der Waals surface area contributed by atoms with Gasteiger partial charge in [-0.2, -0.15) is 0 Å². The van der Waals surface area contributed by atoms with Gasteiger partial charge in [0, 0.05) is 6.04 Å². The normalized spacial score (nSPS) is 14.4. The minimum Gasteiger partial charge on any atom is -0.494 e. The standard InChI is InChI=1S/C15H25NO/c1-5-12(4)15(16-6-2)13-8-10-14(11-9-13)17-7-3/h8-12,15-16H,5-7H2,1-4H3. The zero-order chi connectivity index (χ0) is 12.7. The summed E-state index contributed by atoms with van der Waals surface area (Å²) < 4.78 is 5.47. The second-order valence-corrected chi connectivity index (χ2v) is 4.42. The summed E-state index contributed by atoms with van der Waals surface area (Å²) in [5, 5.41) is 3.56.